The minimum Gasteiger partial charge on any atom is -0.455 e. The van der Waals surface area contributed by atoms with E-state index in [2.05, 4.69) is 40.1 Å². The first kappa shape index (κ1) is 15.3. The highest BCUT2D eigenvalue weighted by Gasteiger charge is 2.12. The lowest BCUT2D eigenvalue weighted by atomic mass is 10.1. The van der Waals surface area contributed by atoms with Crippen LogP contribution in [0.5, 0.6) is 11.5 Å². The van der Waals surface area contributed by atoms with Gasteiger partial charge in [0.05, 0.1) is 11.2 Å². The monoisotopic (exact) mass is 354 g/mol. The van der Waals surface area contributed by atoms with E-state index in [1.165, 1.54) is 0 Å². The van der Waals surface area contributed by atoms with E-state index >= 15 is 0 Å². The summed E-state index contributed by atoms with van der Waals surface area (Å²) in [6, 6.07) is 7.95. The van der Waals surface area contributed by atoms with Gasteiger partial charge in [-0.25, -0.2) is 0 Å². The third-order valence-corrected chi connectivity index (χ3v) is 3.56. The summed E-state index contributed by atoms with van der Waals surface area (Å²) in [5, 5.41) is 3.94. The number of nitrogens with zero attached hydrogens (tertiary/aromatic N) is 1. The highest BCUT2D eigenvalue weighted by atomic mass is 79.9. The van der Waals surface area contributed by atoms with Crippen molar-refractivity contribution >= 4 is 27.5 Å². The van der Waals surface area contributed by atoms with Crippen molar-refractivity contribution in [1.29, 1.82) is 0 Å². The fraction of sp³-hybridized carbons (Fsp3) is 0.267. The Labute approximate surface area is 132 Å². The second-order valence-corrected chi connectivity index (χ2v) is 5.75. The topological polar surface area (TPSA) is 34.1 Å². The zero-order chi connectivity index (χ0) is 14.5. The van der Waals surface area contributed by atoms with Gasteiger partial charge in [0, 0.05) is 28.3 Å². The van der Waals surface area contributed by atoms with E-state index in [9.17, 15) is 0 Å². The lowest BCUT2D eigenvalue weighted by Crippen LogP contribution is -2.18. The van der Waals surface area contributed by atoms with Gasteiger partial charge in [-0.1, -0.05) is 40.5 Å². The summed E-state index contributed by atoms with van der Waals surface area (Å²) < 4.78 is 6.89. The number of nitrogens with one attached hydrogen (secondary N) is 1. The van der Waals surface area contributed by atoms with E-state index in [4.69, 9.17) is 16.3 Å². The quantitative estimate of drug-likeness (QED) is 0.823. The van der Waals surface area contributed by atoms with E-state index in [-0.39, 0.29) is 6.04 Å². The van der Waals surface area contributed by atoms with Crippen LogP contribution in [0.25, 0.3) is 0 Å². The van der Waals surface area contributed by atoms with Crippen molar-refractivity contribution in [1.82, 2.24) is 10.3 Å². The summed E-state index contributed by atoms with van der Waals surface area (Å²) in [6.45, 7) is 5.09. The molecule has 20 heavy (non-hydrogen) atoms. The number of halogens is 2. The summed E-state index contributed by atoms with van der Waals surface area (Å²) in [4.78, 5) is 4.03. The van der Waals surface area contributed by atoms with Crippen molar-refractivity contribution in [2.75, 3.05) is 6.54 Å². The highest BCUT2D eigenvalue weighted by molar-refractivity contribution is 9.10. The Balaban J connectivity index is 2.32. The molecule has 0 radical (unpaired) electrons. The molecule has 5 heteroatoms. The Morgan fingerprint density at radius 2 is 2.15 bits per heavy atom. The molecule has 0 aliphatic heterocycles. The molecule has 0 aliphatic rings. The van der Waals surface area contributed by atoms with Crippen molar-refractivity contribution in [3.8, 4) is 11.5 Å². The molecule has 0 amide bonds. The van der Waals surface area contributed by atoms with Crippen LogP contribution in [0.4, 0.5) is 0 Å². The molecule has 1 unspecified atom stereocenters. The summed E-state index contributed by atoms with van der Waals surface area (Å²) in [6.07, 6.45) is 3.23. The van der Waals surface area contributed by atoms with Crippen LogP contribution in [0.15, 0.2) is 41.1 Å². The van der Waals surface area contributed by atoms with Crippen molar-refractivity contribution < 1.29 is 4.74 Å². The number of rotatable bonds is 5. The van der Waals surface area contributed by atoms with Crippen LogP contribution in [0.1, 0.15) is 25.5 Å². The first-order chi connectivity index (χ1) is 9.60. The SMILES string of the molecule is CCNC(C)c1ccc(Br)cc1Oc1cncc(Cl)c1. The van der Waals surface area contributed by atoms with Crippen LogP contribution < -0.4 is 10.1 Å². The average Bonchev–Trinajstić information content (AvgIpc) is 2.39. The fourth-order valence-corrected chi connectivity index (χ4v) is 2.45. The van der Waals surface area contributed by atoms with Crippen LogP contribution in [-0.4, -0.2) is 11.5 Å². The van der Waals surface area contributed by atoms with E-state index in [1.807, 2.05) is 18.2 Å². The Kier molecular flexibility index (Phi) is 5.40. The number of hydrogen-bond acceptors (Lipinski definition) is 3. The van der Waals surface area contributed by atoms with Gasteiger partial charge in [-0.2, -0.15) is 0 Å². The maximum absolute atomic E-state index is 5.93. The molecule has 3 nitrogen and oxygen atoms in total. The number of ether oxygens (including phenoxy) is 1. The van der Waals surface area contributed by atoms with Gasteiger partial charge in [-0.3, -0.25) is 4.98 Å². The smallest absolute Gasteiger partial charge is 0.147 e. The number of benzene rings is 1. The molecule has 2 rings (SSSR count). The molecule has 0 fully saturated rings. The average molecular weight is 356 g/mol. The predicted molar refractivity (Wildman–Crippen MR) is 85.6 cm³/mol. The van der Waals surface area contributed by atoms with E-state index in [0.29, 0.717) is 10.8 Å². The van der Waals surface area contributed by atoms with Gasteiger partial charge in [-0.15, -0.1) is 0 Å². The molecule has 0 saturated carbocycles. The number of hydrogen-bond donors (Lipinski definition) is 1. The van der Waals surface area contributed by atoms with Gasteiger partial charge >= 0.3 is 0 Å². The molecule has 1 atom stereocenters. The minimum absolute atomic E-state index is 0.204. The van der Waals surface area contributed by atoms with Crippen LogP contribution in [-0.2, 0) is 0 Å². The molecule has 1 N–H and O–H groups in total. The first-order valence-electron chi connectivity index (χ1n) is 6.41. The fourth-order valence-electron chi connectivity index (χ4n) is 1.95. The summed E-state index contributed by atoms with van der Waals surface area (Å²) in [5.41, 5.74) is 1.09. The van der Waals surface area contributed by atoms with Gasteiger partial charge < -0.3 is 10.1 Å². The number of pyridine rings is 1. The molecule has 1 aromatic heterocycles. The minimum atomic E-state index is 0.204. The zero-order valence-electron chi connectivity index (χ0n) is 11.4. The molecule has 0 bridgehead atoms. The maximum atomic E-state index is 5.93. The van der Waals surface area contributed by atoms with Crippen LogP contribution in [0.2, 0.25) is 5.02 Å². The van der Waals surface area contributed by atoms with Crippen LogP contribution >= 0.6 is 27.5 Å². The molecular formula is C15H16BrClN2O. The molecule has 1 heterocycles. The second kappa shape index (κ2) is 7.07. The summed E-state index contributed by atoms with van der Waals surface area (Å²) >= 11 is 9.40. The lowest BCUT2D eigenvalue weighted by molar-refractivity contribution is 0.461. The molecule has 0 aliphatic carbocycles. The standard InChI is InChI=1S/C15H16BrClN2O/c1-3-19-10(2)14-5-4-11(16)6-15(14)20-13-7-12(17)8-18-9-13/h4-10,19H,3H2,1-2H3. The zero-order valence-corrected chi connectivity index (χ0v) is 13.7. The Morgan fingerprint density at radius 3 is 2.85 bits per heavy atom. The molecule has 0 spiro atoms. The van der Waals surface area contributed by atoms with E-state index in [0.717, 1.165) is 22.3 Å². The van der Waals surface area contributed by atoms with Crippen molar-refractivity contribution in [3.63, 3.8) is 0 Å². The van der Waals surface area contributed by atoms with E-state index in [1.54, 1.807) is 18.5 Å². The van der Waals surface area contributed by atoms with Crippen molar-refractivity contribution in [2.24, 2.45) is 0 Å². The first-order valence-corrected chi connectivity index (χ1v) is 7.58. The Bertz CT molecular complexity index is 592. The van der Waals surface area contributed by atoms with Gasteiger partial charge in [0.2, 0.25) is 0 Å². The lowest BCUT2D eigenvalue weighted by Gasteiger charge is -2.17. The molecular weight excluding hydrogens is 340 g/mol. The maximum Gasteiger partial charge on any atom is 0.147 e. The van der Waals surface area contributed by atoms with Crippen LogP contribution in [0, 0.1) is 0 Å². The second-order valence-electron chi connectivity index (χ2n) is 4.40. The van der Waals surface area contributed by atoms with E-state index < -0.39 is 0 Å². The summed E-state index contributed by atoms with van der Waals surface area (Å²) in [5.74, 6) is 1.41. The van der Waals surface area contributed by atoms with Gasteiger partial charge in [0.25, 0.3) is 0 Å². The largest absolute Gasteiger partial charge is 0.455 e. The molecule has 0 saturated heterocycles. The molecule has 1 aromatic carbocycles. The third-order valence-electron chi connectivity index (χ3n) is 2.86. The molecule has 2 aromatic rings. The van der Waals surface area contributed by atoms with Gasteiger partial charge in [0.1, 0.15) is 11.5 Å². The third kappa shape index (κ3) is 3.95. The molecule has 106 valence electrons. The predicted octanol–water partition coefficient (Wildman–Crippen LogP) is 4.96. The number of aromatic nitrogens is 1. The van der Waals surface area contributed by atoms with Gasteiger partial charge in [-0.05, 0) is 25.6 Å². The van der Waals surface area contributed by atoms with Crippen molar-refractivity contribution in [3.05, 3.63) is 51.7 Å². The summed E-state index contributed by atoms with van der Waals surface area (Å²) in [7, 11) is 0. The van der Waals surface area contributed by atoms with Gasteiger partial charge in [0.15, 0.2) is 0 Å². The van der Waals surface area contributed by atoms with Crippen LogP contribution in [0.3, 0.4) is 0 Å². The highest BCUT2D eigenvalue weighted by Crippen LogP contribution is 2.32. The Hall–Kier alpha value is -1.10. The Morgan fingerprint density at radius 1 is 1.35 bits per heavy atom. The van der Waals surface area contributed by atoms with Crippen molar-refractivity contribution in [2.45, 2.75) is 19.9 Å². The normalized spacial score (nSPS) is 12.2.